The zero-order chi connectivity index (χ0) is 15.2. The molecule has 21 heavy (non-hydrogen) atoms. The van der Waals surface area contributed by atoms with Gasteiger partial charge in [-0.25, -0.2) is 8.78 Å². The number of rotatable bonds is 6. The molecule has 1 fully saturated rings. The van der Waals surface area contributed by atoms with Crippen molar-refractivity contribution in [2.45, 2.75) is 19.3 Å². The van der Waals surface area contributed by atoms with Crippen molar-refractivity contribution in [2.75, 3.05) is 19.7 Å². The fraction of sp³-hybridized carbons (Fsp3) is 0.533. The number of nitrogens with one attached hydrogen (secondary N) is 1. The second-order valence-corrected chi connectivity index (χ2v) is 5.25. The van der Waals surface area contributed by atoms with Crippen LogP contribution < -0.4 is 15.8 Å². The largest absolute Gasteiger partial charge is 0.492 e. The van der Waals surface area contributed by atoms with E-state index in [9.17, 15) is 13.6 Å². The van der Waals surface area contributed by atoms with Gasteiger partial charge in [0.25, 0.3) is 0 Å². The van der Waals surface area contributed by atoms with Gasteiger partial charge >= 0.3 is 0 Å². The molecule has 0 radical (unpaired) electrons. The summed E-state index contributed by atoms with van der Waals surface area (Å²) in [5.41, 5.74) is 5.65. The zero-order valence-electron chi connectivity index (χ0n) is 11.8. The summed E-state index contributed by atoms with van der Waals surface area (Å²) in [5, 5.41) is 2.80. The van der Waals surface area contributed by atoms with Crippen molar-refractivity contribution in [3.05, 3.63) is 29.8 Å². The molecule has 1 saturated carbocycles. The van der Waals surface area contributed by atoms with Gasteiger partial charge in [-0.15, -0.1) is 0 Å². The molecule has 0 heterocycles. The smallest absolute Gasteiger partial charge is 0.223 e. The van der Waals surface area contributed by atoms with Gasteiger partial charge in [0.2, 0.25) is 5.91 Å². The summed E-state index contributed by atoms with van der Waals surface area (Å²) in [6, 6.07) is 3.34. The van der Waals surface area contributed by atoms with Crippen LogP contribution in [0.2, 0.25) is 0 Å². The molecule has 3 N–H and O–H groups in total. The molecule has 1 aromatic rings. The van der Waals surface area contributed by atoms with Crippen molar-refractivity contribution in [1.82, 2.24) is 5.32 Å². The highest BCUT2D eigenvalue weighted by Gasteiger charge is 2.31. The van der Waals surface area contributed by atoms with Crippen LogP contribution in [-0.2, 0) is 4.79 Å². The Morgan fingerprint density at radius 1 is 1.33 bits per heavy atom. The first-order valence-electron chi connectivity index (χ1n) is 7.17. The van der Waals surface area contributed by atoms with Crippen molar-refractivity contribution in [2.24, 2.45) is 17.6 Å². The molecule has 0 aliphatic heterocycles. The summed E-state index contributed by atoms with van der Waals surface area (Å²) >= 11 is 0. The quantitative estimate of drug-likeness (QED) is 0.788. The fourth-order valence-corrected chi connectivity index (χ4v) is 2.70. The van der Waals surface area contributed by atoms with Crippen LogP contribution in [0.3, 0.4) is 0 Å². The van der Waals surface area contributed by atoms with Gasteiger partial charge in [0.15, 0.2) is 11.6 Å². The maximum Gasteiger partial charge on any atom is 0.223 e. The van der Waals surface area contributed by atoms with E-state index in [0.717, 1.165) is 31.4 Å². The molecule has 1 aliphatic rings. The maximum atomic E-state index is 13.0. The van der Waals surface area contributed by atoms with Crippen LogP contribution >= 0.6 is 0 Å². The van der Waals surface area contributed by atoms with Crippen LogP contribution in [0.1, 0.15) is 19.3 Å². The first-order valence-corrected chi connectivity index (χ1v) is 7.17. The highest BCUT2D eigenvalue weighted by Crippen LogP contribution is 2.30. The zero-order valence-corrected chi connectivity index (χ0v) is 11.8. The van der Waals surface area contributed by atoms with Crippen LogP contribution in [0.4, 0.5) is 8.78 Å². The molecular weight excluding hydrogens is 278 g/mol. The molecule has 1 aliphatic carbocycles. The van der Waals surface area contributed by atoms with Gasteiger partial charge in [-0.3, -0.25) is 4.79 Å². The van der Waals surface area contributed by atoms with Crippen molar-refractivity contribution >= 4 is 5.91 Å². The summed E-state index contributed by atoms with van der Waals surface area (Å²) in [4.78, 5) is 12.0. The minimum atomic E-state index is -0.951. The first-order chi connectivity index (χ1) is 10.1. The number of carbonyl (C=O) groups excluding carboxylic acids is 1. The van der Waals surface area contributed by atoms with Crippen LogP contribution in [0.15, 0.2) is 18.2 Å². The normalized spacial score (nSPS) is 21.3. The van der Waals surface area contributed by atoms with E-state index in [2.05, 4.69) is 5.32 Å². The second kappa shape index (κ2) is 7.36. The van der Waals surface area contributed by atoms with Gasteiger partial charge in [-0.05, 0) is 37.4 Å². The van der Waals surface area contributed by atoms with E-state index < -0.39 is 11.6 Å². The number of halogens is 2. The number of benzene rings is 1. The Labute approximate surface area is 122 Å². The third-order valence-electron chi connectivity index (χ3n) is 3.86. The average molecular weight is 298 g/mol. The Morgan fingerprint density at radius 2 is 2.14 bits per heavy atom. The molecule has 0 aromatic heterocycles. The number of hydrogen-bond donors (Lipinski definition) is 2. The highest BCUT2D eigenvalue weighted by atomic mass is 19.2. The van der Waals surface area contributed by atoms with E-state index in [4.69, 9.17) is 10.5 Å². The Morgan fingerprint density at radius 3 is 2.86 bits per heavy atom. The topological polar surface area (TPSA) is 64.4 Å². The lowest BCUT2D eigenvalue weighted by Crippen LogP contribution is -2.37. The Kier molecular flexibility index (Phi) is 5.50. The van der Waals surface area contributed by atoms with Gasteiger partial charge in [-0.1, -0.05) is 6.42 Å². The Bertz CT molecular complexity index is 497. The molecule has 6 heteroatoms. The SMILES string of the molecule is NC[C@H]1CCC[C@H]1C(=O)NCCOc1ccc(F)c(F)c1. The highest BCUT2D eigenvalue weighted by molar-refractivity contribution is 5.79. The lowest BCUT2D eigenvalue weighted by molar-refractivity contribution is -0.126. The molecule has 0 unspecified atom stereocenters. The van der Waals surface area contributed by atoms with E-state index in [1.54, 1.807) is 0 Å². The third kappa shape index (κ3) is 4.14. The van der Waals surface area contributed by atoms with Crippen LogP contribution in [0.25, 0.3) is 0 Å². The molecule has 2 atom stereocenters. The van der Waals surface area contributed by atoms with Crippen molar-refractivity contribution in [3.63, 3.8) is 0 Å². The molecule has 0 saturated heterocycles. The van der Waals surface area contributed by atoms with Crippen molar-refractivity contribution in [3.8, 4) is 5.75 Å². The molecule has 4 nitrogen and oxygen atoms in total. The molecule has 1 amide bonds. The predicted octanol–water partition coefficient (Wildman–Crippen LogP) is 1.83. The number of hydrogen-bond acceptors (Lipinski definition) is 3. The molecular formula is C15H20F2N2O2. The summed E-state index contributed by atoms with van der Waals surface area (Å²) in [5.74, 6) is -1.38. The minimum Gasteiger partial charge on any atom is -0.492 e. The number of amides is 1. The summed E-state index contributed by atoms with van der Waals surface area (Å²) in [6.45, 7) is 1.06. The van der Waals surface area contributed by atoms with Gasteiger partial charge in [-0.2, -0.15) is 0 Å². The first kappa shape index (κ1) is 15.7. The lowest BCUT2D eigenvalue weighted by atomic mass is 9.95. The van der Waals surface area contributed by atoms with Gasteiger partial charge in [0.1, 0.15) is 12.4 Å². The number of carbonyl (C=O) groups is 1. The van der Waals surface area contributed by atoms with Gasteiger partial charge < -0.3 is 15.8 Å². The van der Waals surface area contributed by atoms with Crippen LogP contribution in [0.5, 0.6) is 5.75 Å². The lowest BCUT2D eigenvalue weighted by Gasteiger charge is -2.17. The fourth-order valence-electron chi connectivity index (χ4n) is 2.70. The van der Waals surface area contributed by atoms with Crippen molar-refractivity contribution in [1.29, 1.82) is 0 Å². The van der Waals surface area contributed by atoms with E-state index >= 15 is 0 Å². The molecule has 116 valence electrons. The number of nitrogens with two attached hydrogens (primary N) is 1. The van der Waals surface area contributed by atoms with E-state index in [0.29, 0.717) is 13.1 Å². The monoisotopic (exact) mass is 298 g/mol. The third-order valence-corrected chi connectivity index (χ3v) is 3.86. The molecule has 0 spiro atoms. The molecule has 2 rings (SSSR count). The summed E-state index contributed by atoms with van der Waals surface area (Å²) in [7, 11) is 0. The molecule has 1 aromatic carbocycles. The molecule has 0 bridgehead atoms. The summed E-state index contributed by atoms with van der Waals surface area (Å²) < 4.78 is 31.0. The van der Waals surface area contributed by atoms with Gasteiger partial charge in [0.05, 0.1) is 6.54 Å². The standard InChI is InChI=1S/C15H20F2N2O2/c16-13-5-4-11(8-14(13)17)21-7-6-19-15(20)12-3-1-2-10(12)9-18/h4-5,8,10,12H,1-3,6-7,9,18H2,(H,19,20)/t10-,12-/m1/s1. The Balaban J connectivity index is 1.71. The average Bonchev–Trinajstić information content (AvgIpc) is 2.95. The van der Waals surface area contributed by atoms with E-state index in [-0.39, 0.29) is 30.1 Å². The minimum absolute atomic E-state index is 0.00293. The number of ether oxygens (including phenoxy) is 1. The Hall–Kier alpha value is -1.69. The van der Waals surface area contributed by atoms with Gasteiger partial charge in [0, 0.05) is 12.0 Å². The van der Waals surface area contributed by atoms with Crippen LogP contribution in [0, 0.1) is 23.5 Å². The van der Waals surface area contributed by atoms with E-state index in [1.807, 2.05) is 0 Å². The van der Waals surface area contributed by atoms with Crippen LogP contribution in [-0.4, -0.2) is 25.6 Å². The predicted molar refractivity (Wildman–Crippen MR) is 74.7 cm³/mol. The maximum absolute atomic E-state index is 13.0. The second-order valence-electron chi connectivity index (χ2n) is 5.25. The van der Waals surface area contributed by atoms with Crippen molar-refractivity contribution < 1.29 is 18.3 Å². The summed E-state index contributed by atoms with van der Waals surface area (Å²) in [6.07, 6.45) is 2.91. The van der Waals surface area contributed by atoms with E-state index in [1.165, 1.54) is 6.07 Å².